The molecule has 64 heavy (non-hydrogen) atoms. The van der Waals surface area contributed by atoms with Crippen molar-refractivity contribution in [3.05, 3.63) is 231 Å². The van der Waals surface area contributed by atoms with E-state index in [0.717, 1.165) is 66.9 Å². The number of para-hydroxylation sites is 3. The maximum Gasteiger partial charge on any atom is 0.143 e. The molecular weight excluding hydrogens is 797 g/mol. The van der Waals surface area contributed by atoms with Gasteiger partial charge < -0.3 is 13.9 Å². The fourth-order valence-corrected chi connectivity index (χ4v) is 11.0. The molecule has 0 unspecified atom stereocenters. The minimum atomic E-state index is 0.892. The predicted octanol–water partition coefficient (Wildman–Crippen LogP) is 17.5. The standard InChI is InChI=1S/C60H38N2OS/c1-3-13-41(14-4-1)47-19-11-20-51-53-37-42(30-36-57(53)63-59(47)51)39-25-31-45(32-26-39)61(55-23-12-21-52-50-18-8-10-24-58(50)64-60(52)55)46-33-27-40(28-34-46)43-29-35-49-48-17-7-9-22-54(48)62(56(49)38-43)44-15-5-2-6-16-44/h1-38H. The van der Waals surface area contributed by atoms with E-state index in [0.29, 0.717) is 0 Å². The van der Waals surface area contributed by atoms with Gasteiger partial charge in [0, 0.05) is 59.6 Å². The third kappa shape index (κ3) is 5.88. The zero-order chi connectivity index (χ0) is 42.1. The third-order valence-corrected chi connectivity index (χ3v) is 14.0. The van der Waals surface area contributed by atoms with E-state index in [1.165, 1.54) is 53.1 Å². The maximum absolute atomic E-state index is 6.52. The Morgan fingerprint density at radius 3 is 1.75 bits per heavy atom. The molecule has 0 amide bonds. The van der Waals surface area contributed by atoms with E-state index in [-0.39, 0.29) is 0 Å². The molecule has 13 aromatic rings. The van der Waals surface area contributed by atoms with E-state index in [1.54, 1.807) is 0 Å². The Hall–Kier alpha value is -8.18. The normalized spacial score (nSPS) is 11.8. The number of aromatic nitrogens is 1. The number of benzene rings is 10. The van der Waals surface area contributed by atoms with Crippen LogP contribution in [0.15, 0.2) is 235 Å². The summed E-state index contributed by atoms with van der Waals surface area (Å²) in [6.45, 7) is 0. The fraction of sp³-hybridized carbons (Fsp3) is 0. The Morgan fingerprint density at radius 2 is 0.969 bits per heavy atom. The van der Waals surface area contributed by atoms with Gasteiger partial charge in [-0.05, 0) is 101 Å². The van der Waals surface area contributed by atoms with Gasteiger partial charge in [-0.15, -0.1) is 11.3 Å². The van der Waals surface area contributed by atoms with E-state index in [4.69, 9.17) is 4.42 Å². The van der Waals surface area contributed by atoms with Crippen molar-refractivity contribution in [1.29, 1.82) is 0 Å². The van der Waals surface area contributed by atoms with Crippen LogP contribution in [0, 0.1) is 0 Å². The lowest BCUT2D eigenvalue weighted by Gasteiger charge is -2.26. The molecular formula is C60H38N2OS. The summed E-state index contributed by atoms with van der Waals surface area (Å²) >= 11 is 1.86. The molecule has 0 aliphatic heterocycles. The second-order valence-corrected chi connectivity index (χ2v) is 17.5. The number of furan rings is 1. The molecule has 4 heteroatoms. The van der Waals surface area contributed by atoms with Crippen LogP contribution in [0.2, 0.25) is 0 Å². The molecule has 0 fully saturated rings. The van der Waals surface area contributed by atoms with Gasteiger partial charge in [0.25, 0.3) is 0 Å². The number of hydrogen-bond donors (Lipinski definition) is 0. The molecule has 0 N–H and O–H groups in total. The van der Waals surface area contributed by atoms with Gasteiger partial charge >= 0.3 is 0 Å². The highest BCUT2D eigenvalue weighted by atomic mass is 32.1. The molecule has 0 spiro atoms. The summed E-state index contributed by atoms with van der Waals surface area (Å²) in [6, 6.07) is 83.3. The lowest BCUT2D eigenvalue weighted by Crippen LogP contribution is -2.10. The number of fused-ring (bicyclic) bond motifs is 9. The van der Waals surface area contributed by atoms with Crippen molar-refractivity contribution in [2.24, 2.45) is 0 Å². The average Bonchev–Trinajstić information content (AvgIpc) is 4.05. The van der Waals surface area contributed by atoms with Crippen LogP contribution in [0.25, 0.3) is 103 Å². The van der Waals surface area contributed by atoms with Crippen molar-refractivity contribution < 1.29 is 4.42 Å². The van der Waals surface area contributed by atoms with Gasteiger partial charge in [0.1, 0.15) is 11.2 Å². The summed E-state index contributed by atoms with van der Waals surface area (Å²) in [5.74, 6) is 0. The molecule has 0 aliphatic rings. The Morgan fingerprint density at radius 1 is 0.375 bits per heavy atom. The van der Waals surface area contributed by atoms with Gasteiger partial charge in [-0.25, -0.2) is 0 Å². The van der Waals surface area contributed by atoms with Crippen molar-refractivity contribution in [2.45, 2.75) is 0 Å². The van der Waals surface area contributed by atoms with Gasteiger partial charge in [0.05, 0.1) is 21.4 Å². The van der Waals surface area contributed by atoms with Gasteiger partial charge in [0.15, 0.2) is 0 Å². The number of rotatable bonds is 7. The number of nitrogens with zero attached hydrogens (tertiary/aromatic N) is 2. The largest absolute Gasteiger partial charge is 0.455 e. The molecule has 0 bridgehead atoms. The minimum Gasteiger partial charge on any atom is -0.455 e. The van der Waals surface area contributed by atoms with E-state index in [2.05, 4.69) is 234 Å². The van der Waals surface area contributed by atoms with Gasteiger partial charge in [-0.2, -0.15) is 0 Å². The van der Waals surface area contributed by atoms with Crippen molar-refractivity contribution in [3.63, 3.8) is 0 Å². The van der Waals surface area contributed by atoms with E-state index in [9.17, 15) is 0 Å². The van der Waals surface area contributed by atoms with Crippen LogP contribution in [0.4, 0.5) is 17.1 Å². The van der Waals surface area contributed by atoms with Crippen LogP contribution >= 0.6 is 11.3 Å². The number of thiophene rings is 1. The lowest BCUT2D eigenvalue weighted by molar-refractivity contribution is 0.670. The fourth-order valence-electron chi connectivity index (χ4n) is 9.77. The highest BCUT2D eigenvalue weighted by molar-refractivity contribution is 7.26. The smallest absolute Gasteiger partial charge is 0.143 e. The van der Waals surface area contributed by atoms with Crippen molar-refractivity contribution in [2.75, 3.05) is 4.90 Å². The topological polar surface area (TPSA) is 21.3 Å². The molecule has 0 radical (unpaired) electrons. The average molecular weight is 835 g/mol. The number of hydrogen-bond acceptors (Lipinski definition) is 3. The van der Waals surface area contributed by atoms with Crippen molar-refractivity contribution in [3.8, 4) is 39.1 Å². The highest BCUT2D eigenvalue weighted by Crippen LogP contribution is 2.46. The second kappa shape index (κ2) is 14.7. The Bertz CT molecular complexity index is 3880. The third-order valence-electron chi connectivity index (χ3n) is 12.8. The Labute approximate surface area is 373 Å². The van der Waals surface area contributed by atoms with Crippen LogP contribution in [0.5, 0.6) is 0 Å². The zero-order valence-corrected chi connectivity index (χ0v) is 35.5. The number of anilines is 3. The molecule has 3 heterocycles. The van der Waals surface area contributed by atoms with Crippen LogP contribution in [-0.2, 0) is 0 Å². The first kappa shape index (κ1) is 36.5. The predicted molar refractivity (Wildman–Crippen MR) is 272 cm³/mol. The molecule has 0 atom stereocenters. The van der Waals surface area contributed by atoms with Crippen LogP contribution in [-0.4, -0.2) is 4.57 Å². The van der Waals surface area contributed by atoms with Crippen molar-refractivity contribution >= 4 is 92.3 Å². The summed E-state index contributed by atoms with van der Waals surface area (Å²) in [7, 11) is 0. The first-order valence-corrected chi connectivity index (χ1v) is 22.6. The van der Waals surface area contributed by atoms with Gasteiger partial charge in [-0.3, -0.25) is 0 Å². The Kier molecular flexibility index (Phi) is 8.40. The van der Waals surface area contributed by atoms with Crippen LogP contribution in [0.1, 0.15) is 0 Å². The van der Waals surface area contributed by atoms with Gasteiger partial charge in [-0.1, -0.05) is 158 Å². The molecule has 3 aromatic heterocycles. The molecule has 0 aliphatic carbocycles. The highest BCUT2D eigenvalue weighted by Gasteiger charge is 2.20. The van der Waals surface area contributed by atoms with Crippen LogP contribution < -0.4 is 4.90 Å². The van der Waals surface area contributed by atoms with Crippen LogP contribution in [0.3, 0.4) is 0 Å². The molecule has 10 aromatic carbocycles. The molecule has 3 nitrogen and oxygen atoms in total. The minimum absolute atomic E-state index is 0.892. The molecule has 0 saturated heterocycles. The summed E-state index contributed by atoms with van der Waals surface area (Å²) in [5.41, 5.74) is 15.6. The second-order valence-electron chi connectivity index (χ2n) is 16.5. The van der Waals surface area contributed by atoms with E-state index < -0.39 is 0 Å². The molecule has 13 rings (SSSR count). The first-order valence-electron chi connectivity index (χ1n) is 21.7. The first-order chi connectivity index (χ1) is 31.7. The van der Waals surface area contributed by atoms with E-state index in [1.807, 2.05) is 17.4 Å². The maximum atomic E-state index is 6.52. The SMILES string of the molecule is c1ccc(-c2cccc3c2oc2ccc(-c4ccc(N(c5ccc(-c6ccc7c8ccccc8n(-c8ccccc8)c7c6)cc5)c5cccc6c5sc5ccccc56)cc4)cc23)cc1. The van der Waals surface area contributed by atoms with Crippen molar-refractivity contribution in [1.82, 2.24) is 4.57 Å². The molecule has 0 saturated carbocycles. The zero-order valence-electron chi connectivity index (χ0n) is 34.7. The summed E-state index contributed by atoms with van der Waals surface area (Å²) < 4.78 is 11.5. The lowest BCUT2D eigenvalue weighted by atomic mass is 10.00. The van der Waals surface area contributed by atoms with E-state index >= 15 is 0 Å². The monoisotopic (exact) mass is 834 g/mol. The summed E-state index contributed by atoms with van der Waals surface area (Å²) in [4.78, 5) is 2.42. The Balaban J connectivity index is 0.909. The van der Waals surface area contributed by atoms with Gasteiger partial charge in [0.2, 0.25) is 0 Å². The summed E-state index contributed by atoms with van der Waals surface area (Å²) in [6.07, 6.45) is 0. The molecule has 300 valence electrons. The quantitative estimate of drug-likeness (QED) is 0.159. The summed E-state index contributed by atoms with van der Waals surface area (Å²) in [5, 5.41) is 7.31.